The van der Waals surface area contributed by atoms with E-state index in [0.717, 1.165) is 29.2 Å². The number of hydrogen-bond donors (Lipinski definition) is 6. The summed E-state index contributed by atoms with van der Waals surface area (Å²) in [6.07, 6.45) is 3.62. The molecule has 10 N–H and O–H groups in total. The van der Waals surface area contributed by atoms with E-state index in [1.807, 2.05) is 42.5 Å². The SMILES string of the molecule is NC(=O)[C@H](Cc1cccc2ccccc12)NC(=O)[C@H](CC1CC1)NC(=O)[C@@H](N)CCCN=C(N)N. The molecule has 0 heterocycles. The number of primary amides is 1. The molecule has 10 nitrogen and oxygen atoms in total. The Bertz CT molecular complexity index is 1070. The van der Waals surface area contributed by atoms with Gasteiger partial charge in [-0.05, 0) is 41.5 Å². The lowest BCUT2D eigenvalue weighted by Gasteiger charge is -2.23. The van der Waals surface area contributed by atoms with Crippen LogP contribution in [0.4, 0.5) is 0 Å². The normalized spacial score (nSPS) is 15.6. The molecule has 3 rings (SSSR count). The molecule has 10 heteroatoms. The first-order valence-corrected chi connectivity index (χ1v) is 11.9. The average molecular weight is 482 g/mol. The number of fused-ring (bicyclic) bond motifs is 1. The second-order valence-electron chi connectivity index (χ2n) is 9.10. The highest BCUT2D eigenvalue weighted by atomic mass is 16.2. The molecule has 35 heavy (non-hydrogen) atoms. The standard InChI is InChI=1S/C25H35N7O3/c26-19(9-4-12-30-25(28)29)23(34)32-21(13-15-10-11-15)24(35)31-20(22(27)33)14-17-7-3-6-16-5-1-2-8-18(16)17/h1-3,5-8,15,19-21H,4,9-14,26H2,(H2,27,33)(H,31,35)(H,32,34)(H4,28,29,30)/t19-,20-,21-/m0/s1. The zero-order valence-electron chi connectivity index (χ0n) is 19.8. The molecular formula is C25H35N7O3. The second kappa shape index (κ2) is 12.2. The molecule has 1 saturated carbocycles. The van der Waals surface area contributed by atoms with E-state index in [-0.39, 0.29) is 12.4 Å². The summed E-state index contributed by atoms with van der Waals surface area (Å²) in [4.78, 5) is 41.9. The summed E-state index contributed by atoms with van der Waals surface area (Å²) in [5.74, 6) is -1.17. The number of nitrogens with one attached hydrogen (secondary N) is 2. The lowest BCUT2D eigenvalue weighted by atomic mass is 9.98. The maximum absolute atomic E-state index is 13.1. The summed E-state index contributed by atoms with van der Waals surface area (Å²) < 4.78 is 0. The van der Waals surface area contributed by atoms with Gasteiger partial charge in [0.25, 0.3) is 0 Å². The van der Waals surface area contributed by atoms with Crippen molar-refractivity contribution in [2.75, 3.05) is 6.54 Å². The summed E-state index contributed by atoms with van der Waals surface area (Å²) in [7, 11) is 0. The maximum atomic E-state index is 13.1. The first-order chi connectivity index (χ1) is 16.7. The van der Waals surface area contributed by atoms with Crippen LogP contribution in [0.15, 0.2) is 47.5 Å². The highest BCUT2D eigenvalue weighted by molar-refractivity contribution is 5.93. The number of carbonyl (C=O) groups excluding carboxylic acids is 3. The van der Waals surface area contributed by atoms with Crippen LogP contribution >= 0.6 is 0 Å². The molecule has 0 spiro atoms. The third kappa shape index (κ3) is 7.96. The predicted octanol–water partition coefficient (Wildman–Crippen LogP) is 0.0182. The zero-order chi connectivity index (χ0) is 25.4. The third-order valence-electron chi connectivity index (χ3n) is 6.17. The highest BCUT2D eigenvalue weighted by Crippen LogP contribution is 2.33. The van der Waals surface area contributed by atoms with Crippen molar-refractivity contribution in [3.63, 3.8) is 0 Å². The van der Waals surface area contributed by atoms with Gasteiger partial charge in [-0.2, -0.15) is 0 Å². The van der Waals surface area contributed by atoms with Crippen LogP contribution in [-0.2, 0) is 20.8 Å². The average Bonchev–Trinajstić information content (AvgIpc) is 3.64. The van der Waals surface area contributed by atoms with Crippen molar-refractivity contribution < 1.29 is 14.4 Å². The van der Waals surface area contributed by atoms with Gasteiger partial charge in [-0.15, -0.1) is 0 Å². The van der Waals surface area contributed by atoms with Crippen LogP contribution in [0.5, 0.6) is 0 Å². The zero-order valence-corrected chi connectivity index (χ0v) is 19.8. The quantitative estimate of drug-likeness (QED) is 0.133. The van der Waals surface area contributed by atoms with Gasteiger partial charge in [-0.25, -0.2) is 0 Å². The lowest BCUT2D eigenvalue weighted by Crippen LogP contribution is -2.55. The van der Waals surface area contributed by atoms with Crippen molar-refractivity contribution in [3.8, 4) is 0 Å². The molecule has 0 bridgehead atoms. The first-order valence-electron chi connectivity index (χ1n) is 11.9. The largest absolute Gasteiger partial charge is 0.370 e. The van der Waals surface area contributed by atoms with E-state index in [9.17, 15) is 14.4 Å². The number of benzene rings is 2. The van der Waals surface area contributed by atoms with Crippen molar-refractivity contribution in [1.82, 2.24) is 10.6 Å². The number of nitrogens with two attached hydrogens (primary N) is 4. The Labute approximate surface area is 204 Å². The molecule has 1 aliphatic carbocycles. The lowest BCUT2D eigenvalue weighted by molar-refractivity contribution is -0.132. The van der Waals surface area contributed by atoms with Crippen LogP contribution in [0.25, 0.3) is 10.8 Å². The van der Waals surface area contributed by atoms with Crippen LogP contribution in [0.1, 0.15) is 37.7 Å². The number of carbonyl (C=O) groups is 3. The van der Waals surface area contributed by atoms with Crippen LogP contribution in [0.3, 0.4) is 0 Å². The summed E-state index contributed by atoms with van der Waals surface area (Å²) in [6, 6.07) is 11.1. The smallest absolute Gasteiger partial charge is 0.243 e. The van der Waals surface area contributed by atoms with Gasteiger partial charge in [-0.3, -0.25) is 19.4 Å². The Hall–Kier alpha value is -3.66. The van der Waals surface area contributed by atoms with Gasteiger partial charge in [0.05, 0.1) is 6.04 Å². The number of aliphatic imine (C=N–C) groups is 1. The van der Waals surface area contributed by atoms with E-state index >= 15 is 0 Å². The minimum atomic E-state index is -0.917. The topological polar surface area (TPSA) is 192 Å². The maximum Gasteiger partial charge on any atom is 0.243 e. The van der Waals surface area contributed by atoms with E-state index in [1.165, 1.54) is 0 Å². The minimum Gasteiger partial charge on any atom is -0.370 e. The third-order valence-corrected chi connectivity index (χ3v) is 6.17. The molecule has 2 aromatic rings. The number of nitrogens with zero attached hydrogens (tertiary/aromatic N) is 1. The van der Waals surface area contributed by atoms with Gasteiger partial charge >= 0.3 is 0 Å². The van der Waals surface area contributed by atoms with E-state index in [4.69, 9.17) is 22.9 Å². The fourth-order valence-corrected chi connectivity index (χ4v) is 4.03. The summed E-state index contributed by atoms with van der Waals surface area (Å²) in [6.45, 7) is 0.365. The molecule has 0 saturated heterocycles. The van der Waals surface area contributed by atoms with Gasteiger partial charge in [0.2, 0.25) is 17.7 Å². The molecule has 3 atom stereocenters. The molecule has 0 radical (unpaired) electrons. The number of amides is 3. The monoisotopic (exact) mass is 481 g/mol. The van der Waals surface area contributed by atoms with Crippen molar-refractivity contribution in [1.29, 1.82) is 0 Å². The molecule has 0 unspecified atom stereocenters. The highest BCUT2D eigenvalue weighted by Gasteiger charge is 2.33. The van der Waals surface area contributed by atoms with Crippen molar-refractivity contribution in [2.24, 2.45) is 33.8 Å². The van der Waals surface area contributed by atoms with Crippen molar-refractivity contribution in [3.05, 3.63) is 48.0 Å². The molecular weight excluding hydrogens is 446 g/mol. The van der Waals surface area contributed by atoms with E-state index in [1.54, 1.807) is 0 Å². The Morgan fingerprint density at radius 1 is 0.943 bits per heavy atom. The molecule has 2 aromatic carbocycles. The van der Waals surface area contributed by atoms with Crippen molar-refractivity contribution in [2.45, 2.75) is 56.7 Å². The van der Waals surface area contributed by atoms with Gasteiger partial charge in [0.15, 0.2) is 5.96 Å². The van der Waals surface area contributed by atoms with Gasteiger partial charge in [0.1, 0.15) is 12.1 Å². The van der Waals surface area contributed by atoms with Gasteiger partial charge in [-0.1, -0.05) is 55.3 Å². The Morgan fingerprint density at radius 2 is 1.63 bits per heavy atom. The van der Waals surface area contributed by atoms with Crippen LogP contribution in [0, 0.1) is 5.92 Å². The predicted molar refractivity (Wildman–Crippen MR) is 136 cm³/mol. The first kappa shape index (κ1) is 26.0. The number of rotatable bonds is 13. The Morgan fingerprint density at radius 3 is 2.31 bits per heavy atom. The van der Waals surface area contributed by atoms with Gasteiger partial charge in [0, 0.05) is 13.0 Å². The molecule has 0 aromatic heterocycles. The molecule has 1 aliphatic rings. The minimum absolute atomic E-state index is 0.0169. The van der Waals surface area contributed by atoms with E-state index < -0.39 is 35.8 Å². The fourth-order valence-electron chi connectivity index (χ4n) is 4.03. The molecule has 0 aliphatic heterocycles. The molecule has 188 valence electrons. The molecule has 3 amide bonds. The van der Waals surface area contributed by atoms with E-state index in [0.29, 0.717) is 31.7 Å². The Kier molecular flexibility index (Phi) is 9.02. The van der Waals surface area contributed by atoms with Gasteiger partial charge < -0.3 is 33.6 Å². The van der Waals surface area contributed by atoms with E-state index in [2.05, 4.69) is 15.6 Å². The Balaban J connectivity index is 1.64. The van der Waals surface area contributed by atoms with Crippen LogP contribution in [-0.4, -0.2) is 48.4 Å². The second-order valence-corrected chi connectivity index (χ2v) is 9.10. The van der Waals surface area contributed by atoms with Crippen LogP contribution < -0.4 is 33.6 Å². The number of hydrogen-bond acceptors (Lipinski definition) is 5. The van der Waals surface area contributed by atoms with Crippen molar-refractivity contribution >= 4 is 34.5 Å². The summed E-state index contributed by atoms with van der Waals surface area (Å²) in [5.41, 5.74) is 23.1. The summed E-state index contributed by atoms with van der Waals surface area (Å²) in [5, 5.41) is 7.54. The molecule has 1 fully saturated rings. The van der Waals surface area contributed by atoms with Crippen LogP contribution in [0.2, 0.25) is 0 Å². The summed E-state index contributed by atoms with van der Waals surface area (Å²) >= 11 is 0. The fraction of sp³-hybridized carbons (Fsp3) is 0.440. The number of guanidine groups is 1.